The highest BCUT2D eigenvalue weighted by Crippen LogP contribution is 2.22. The summed E-state index contributed by atoms with van der Waals surface area (Å²) < 4.78 is 13.7. The van der Waals surface area contributed by atoms with E-state index in [4.69, 9.17) is 16.9 Å². The molecule has 0 unspecified atom stereocenters. The maximum atomic E-state index is 13.7. The zero-order chi connectivity index (χ0) is 16.8. The summed E-state index contributed by atoms with van der Waals surface area (Å²) in [5, 5.41) is 14.3. The minimum absolute atomic E-state index is 0.185. The van der Waals surface area contributed by atoms with Crippen LogP contribution in [0.4, 0.5) is 9.39 Å². The van der Waals surface area contributed by atoms with E-state index in [1.165, 1.54) is 17.4 Å². The van der Waals surface area contributed by atoms with Gasteiger partial charge >= 0.3 is 0 Å². The van der Waals surface area contributed by atoms with E-state index in [1.54, 1.807) is 30.6 Å². The van der Waals surface area contributed by atoms with E-state index in [2.05, 4.69) is 5.32 Å². The molecule has 1 amide bonds. The van der Waals surface area contributed by atoms with Gasteiger partial charge in [0.1, 0.15) is 16.9 Å². The first-order valence-electron chi connectivity index (χ1n) is 6.90. The van der Waals surface area contributed by atoms with Crippen LogP contribution >= 0.6 is 22.9 Å². The Morgan fingerprint density at radius 3 is 2.96 bits per heavy atom. The van der Waals surface area contributed by atoms with Gasteiger partial charge in [0.15, 0.2) is 0 Å². The number of nitriles is 1. The lowest BCUT2D eigenvalue weighted by Crippen LogP contribution is -2.24. The Kier molecular flexibility index (Phi) is 6.11. The second-order valence-corrected chi connectivity index (χ2v) is 6.33. The van der Waals surface area contributed by atoms with Crippen molar-refractivity contribution in [2.24, 2.45) is 0 Å². The number of benzene rings is 1. The molecule has 1 heterocycles. The standard InChI is InChI=1S/C16H15ClFN3OS/c1-21(10-12-13(17)3-2-4-14(12)18)7-5-15(22)20-16-11(9-19)6-8-23-16/h2-4,6,8H,5,7,10H2,1H3,(H,20,22). The summed E-state index contributed by atoms with van der Waals surface area (Å²) >= 11 is 7.30. The monoisotopic (exact) mass is 351 g/mol. The van der Waals surface area contributed by atoms with Crippen molar-refractivity contribution < 1.29 is 9.18 Å². The highest BCUT2D eigenvalue weighted by atomic mass is 35.5. The maximum Gasteiger partial charge on any atom is 0.226 e. The van der Waals surface area contributed by atoms with Crippen LogP contribution in [0.2, 0.25) is 5.02 Å². The Hall–Kier alpha value is -1.94. The van der Waals surface area contributed by atoms with E-state index >= 15 is 0 Å². The Morgan fingerprint density at radius 1 is 1.48 bits per heavy atom. The maximum absolute atomic E-state index is 13.7. The van der Waals surface area contributed by atoms with E-state index in [-0.39, 0.29) is 18.1 Å². The minimum atomic E-state index is -0.356. The van der Waals surface area contributed by atoms with E-state index in [9.17, 15) is 9.18 Å². The third-order valence-corrected chi connectivity index (χ3v) is 4.43. The molecular weight excluding hydrogens is 337 g/mol. The Balaban J connectivity index is 1.86. The van der Waals surface area contributed by atoms with Gasteiger partial charge in [-0.1, -0.05) is 17.7 Å². The van der Waals surface area contributed by atoms with Gasteiger partial charge in [0.05, 0.1) is 5.56 Å². The van der Waals surface area contributed by atoms with Gasteiger partial charge in [-0.2, -0.15) is 5.26 Å². The zero-order valence-corrected chi connectivity index (χ0v) is 14.0. The minimum Gasteiger partial charge on any atom is -0.317 e. The fraction of sp³-hybridized carbons (Fsp3) is 0.250. The lowest BCUT2D eigenvalue weighted by Gasteiger charge is -2.17. The van der Waals surface area contributed by atoms with Crippen LogP contribution in [-0.2, 0) is 11.3 Å². The second kappa shape index (κ2) is 8.06. The molecule has 2 rings (SSSR count). The largest absolute Gasteiger partial charge is 0.317 e. The molecule has 0 spiro atoms. The Morgan fingerprint density at radius 2 is 2.26 bits per heavy atom. The molecule has 1 N–H and O–H groups in total. The number of rotatable bonds is 6. The van der Waals surface area contributed by atoms with Crippen LogP contribution in [-0.4, -0.2) is 24.4 Å². The molecule has 23 heavy (non-hydrogen) atoms. The molecule has 0 aliphatic carbocycles. The molecule has 1 aromatic carbocycles. The SMILES string of the molecule is CN(CCC(=O)Nc1sccc1C#N)Cc1c(F)cccc1Cl. The van der Waals surface area contributed by atoms with Crippen molar-refractivity contribution in [1.29, 1.82) is 5.26 Å². The second-order valence-electron chi connectivity index (χ2n) is 5.01. The number of hydrogen-bond acceptors (Lipinski definition) is 4. The lowest BCUT2D eigenvalue weighted by atomic mass is 10.2. The van der Waals surface area contributed by atoms with Crippen LogP contribution in [0.5, 0.6) is 0 Å². The van der Waals surface area contributed by atoms with Crippen molar-refractivity contribution in [2.45, 2.75) is 13.0 Å². The molecule has 0 saturated heterocycles. The molecule has 2 aromatic rings. The van der Waals surface area contributed by atoms with Gasteiger partial charge in [0.25, 0.3) is 0 Å². The molecule has 1 aromatic heterocycles. The van der Waals surface area contributed by atoms with Crippen molar-refractivity contribution in [3.05, 3.63) is 51.6 Å². The normalized spacial score (nSPS) is 10.6. The van der Waals surface area contributed by atoms with E-state index in [0.29, 0.717) is 34.2 Å². The summed E-state index contributed by atoms with van der Waals surface area (Å²) in [5.74, 6) is -0.540. The number of amides is 1. The number of carbonyl (C=O) groups excluding carboxylic acids is 1. The summed E-state index contributed by atoms with van der Waals surface area (Å²) in [7, 11) is 1.79. The van der Waals surface area contributed by atoms with Crippen LogP contribution in [0.3, 0.4) is 0 Å². The quantitative estimate of drug-likeness (QED) is 0.859. The topological polar surface area (TPSA) is 56.1 Å². The molecule has 4 nitrogen and oxygen atoms in total. The summed E-state index contributed by atoms with van der Waals surface area (Å²) in [6.45, 7) is 0.769. The summed E-state index contributed by atoms with van der Waals surface area (Å²) in [6, 6.07) is 8.24. The zero-order valence-electron chi connectivity index (χ0n) is 12.5. The predicted molar refractivity (Wildman–Crippen MR) is 90.0 cm³/mol. The molecular formula is C16H15ClFN3OS. The third kappa shape index (κ3) is 4.76. The highest BCUT2D eigenvalue weighted by Gasteiger charge is 2.12. The predicted octanol–water partition coefficient (Wildman–Crippen LogP) is 3.87. The van der Waals surface area contributed by atoms with Crippen LogP contribution in [0.15, 0.2) is 29.6 Å². The first-order chi connectivity index (χ1) is 11.0. The molecule has 120 valence electrons. The smallest absolute Gasteiger partial charge is 0.226 e. The molecule has 0 aliphatic rings. The Bertz CT molecular complexity index is 721. The lowest BCUT2D eigenvalue weighted by molar-refractivity contribution is -0.116. The fourth-order valence-electron chi connectivity index (χ4n) is 2.01. The van der Waals surface area contributed by atoms with E-state index in [0.717, 1.165) is 0 Å². The van der Waals surface area contributed by atoms with Crippen LogP contribution < -0.4 is 5.32 Å². The number of hydrogen-bond donors (Lipinski definition) is 1. The van der Waals surface area contributed by atoms with Gasteiger partial charge in [-0.05, 0) is 30.6 Å². The molecule has 7 heteroatoms. The van der Waals surface area contributed by atoms with Gasteiger partial charge < -0.3 is 10.2 Å². The van der Waals surface area contributed by atoms with Gasteiger partial charge in [-0.25, -0.2) is 4.39 Å². The molecule has 0 atom stereocenters. The van der Waals surface area contributed by atoms with Crippen molar-refractivity contribution in [1.82, 2.24) is 4.90 Å². The number of nitrogens with zero attached hydrogens (tertiary/aromatic N) is 2. The molecule has 0 bridgehead atoms. The Labute approximate surface area is 143 Å². The third-order valence-electron chi connectivity index (χ3n) is 3.25. The molecule has 0 aliphatic heterocycles. The number of halogens is 2. The summed E-state index contributed by atoms with van der Waals surface area (Å²) in [4.78, 5) is 13.8. The van der Waals surface area contributed by atoms with Crippen molar-refractivity contribution in [3.8, 4) is 6.07 Å². The van der Waals surface area contributed by atoms with E-state index in [1.807, 2.05) is 11.0 Å². The van der Waals surface area contributed by atoms with Crippen molar-refractivity contribution >= 4 is 33.8 Å². The molecule has 0 fully saturated rings. The average molecular weight is 352 g/mol. The molecule has 0 saturated carbocycles. The average Bonchev–Trinajstić information content (AvgIpc) is 2.96. The highest BCUT2D eigenvalue weighted by molar-refractivity contribution is 7.14. The fourth-order valence-corrected chi connectivity index (χ4v) is 2.98. The number of anilines is 1. The first-order valence-corrected chi connectivity index (χ1v) is 8.16. The number of thiophene rings is 1. The number of nitrogens with one attached hydrogen (secondary N) is 1. The summed E-state index contributed by atoms with van der Waals surface area (Å²) in [5.41, 5.74) is 0.872. The van der Waals surface area contributed by atoms with Gasteiger partial charge in [-0.15, -0.1) is 11.3 Å². The van der Waals surface area contributed by atoms with E-state index < -0.39 is 0 Å². The van der Waals surface area contributed by atoms with Gasteiger partial charge in [-0.3, -0.25) is 4.79 Å². The van der Waals surface area contributed by atoms with Crippen LogP contribution in [0.1, 0.15) is 17.5 Å². The van der Waals surface area contributed by atoms with Gasteiger partial charge in [0, 0.05) is 30.1 Å². The molecule has 0 radical (unpaired) electrons. The van der Waals surface area contributed by atoms with Crippen molar-refractivity contribution in [3.63, 3.8) is 0 Å². The number of carbonyl (C=O) groups is 1. The van der Waals surface area contributed by atoms with Crippen LogP contribution in [0.25, 0.3) is 0 Å². The van der Waals surface area contributed by atoms with Crippen LogP contribution in [0, 0.1) is 17.1 Å². The van der Waals surface area contributed by atoms with Crippen molar-refractivity contribution in [2.75, 3.05) is 18.9 Å². The first kappa shape index (κ1) is 17.4. The summed E-state index contributed by atoms with van der Waals surface area (Å²) in [6.07, 6.45) is 0.241. The van der Waals surface area contributed by atoms with Gasteiger partial charge in [0.2, 0.25) is 5.91 Å².